The highest BCUT2D eigenvalue weighted by molar-refractivity contribution is 5.93. The summed E-state index contributed by atoms with van der Waals surface area (Å²) in [4.78, 5) is 11.5. The highest BCUT2D eigenvalue weighted by Gasteiger charge is 2.20. The average molecular weight is 202 g/mol. The number of rotatable bonds is 5. The fourth-order valence-corrected chi connectivity index (χ4v) is 1.64. The molecule has 1 radical (unpaired) electrons. The van der Waals surface area contributed by atoms with Crippen molar-refractivity contribution < 1.29 is 4.79 Å². The molecule has 1 aliphatic carbocycles. The molecule has 1 amide bonds. The minimum absolute atomic E-state index is 0.0774. The molecule has 1 fully saturated rings. The molecule has 0 aliphatic heterocycles. The van der Waals surface area contributed by atoms with Crippen molar-refractivity contribution in [3.63, 3.8) is 0 Å². The maximum atomic E-state index is 11.5. The van der Waals surface area contributed by atoms with Gasteiger partial charge in [0.25, 0.3) is 5.91 Å². The van der Waals surface area contributed by atoms with Gasteiger partial charge in [-0.25, -0.2) is 5.32 Å². The summed E-state index contributed by atoms with van der Waals surface area (Å²) in [5.41, 5.74) is 0.698. The van der Waals surface area contributed by atoms with Gasteiger partial charge in [0, 0.05) is 12.1 Å². The number of amides is 1. The second-order valence-corrected chi connectivity index (χ2v) is 4.14. The van der Waals surface area contributed by atoms with Gasteiger partial charge < -0.3 is 0 Å². The van der Waals surface area contributed by atoms with Crippen molar-refractivity contribution >= 4 is 5.91 Å². The van der Waals surface area contributed by atoms with Crippen molar-refractivity contribution in [3.8, 4) is 0 Å². The van der Waals surface area contributed by atoms with Crippen LogP contribution in [-0.2, 0) is 0 Å². The molecule has 2 rings (SSSR count). The highest BCUT2D eigenvalue weighted by atomic mass is 16.1. The first-order valence-corrected chi connectivity index (χ1v) is 5.63. The van der Waals surface area contributed by atoms with E-state index in [0.717, 1.165) is 12.3 Å². The summed E-state index contributed by atoms with van der Waals surface area (Å²) in [6.07, 6.45) is 5.06. The summed E-state index contributed by atoms with van der Waals surface area (Å²) in [5.74, 6) is 0.860. The number of hydrogen-bond acceptors (Lipinski definition) is 1. The van der Waals surface area contributed by atoms with Crippen LogP contribution in [0.1, 0.15) is 36.0 Å². The highest BCUT2D eigenvalue weighted by Crippen LogP contribution is 2.33. The second-order valence-electron chi connectivity index (χ2n) is 4.14. The molecule has 0 N–H and O–H groups in total. The average Bonchev–Trinajstić information content (AvgIpc) is 3.09. The van der Waals surface area contributed by atoms with Crippen LogP contribution in [0.2, 0.25) is 0 Å². The third-order valence-corrected chi connectivity index (χ3v) is 2.74. The van der Waals surface area contributed by atoms with Crippen LogP contribution in [0.15, 0.2) is 30.3 Å². The van der Waals surface area contributed by atoms with Crippen molar-refractivity contribution in [2.45, 2.75) is 25.7 Å². The Morgan fingerprint density at radius 1 is 1.27 bits per heavy atom. The molecular weight excluding hydrogens is 186 g/mol. The summed E-state index contributed by atoms with van der Waals surface area (Å²) in [7, 11) is 0. The lowest BCUT2D eigenvalue weighted by molar-refractivity contribution is 0.0948. The Hall–Kier alpha value is -1.31. The SMILES string of the molecule is O=C([N]CCCC1CC1)c1ccccc1. The van der Waals surface area contributed by atoms with E-state index < -0.39 is 0 Å². The van der Waals surface area contributed by atoms with Crippen LogP contribution in [0.3, 0.4) is 0 Å². The summed E-state index contributed by atoms with van der Waals surface area (Å²) in [6, 6.07) is 9.27. The van der Waals surface area contributed by atoms with Crippen LogP contribution < -0.4 is 5.32 Å². The lowest BCUT2D eigenvalue weighted by Gasteiger charge is -2.01. The zero-order valence-corrected chi connectivity index (χ0v) is 8.86. The van der Waals surface area contributed by atoms with Gasteiger partial charge in [-0.2, -0.15) is 0 Å². The number of carbonyl (C=O) groups is 1. The Balaban J connectivity index is 1.67. The Labute approximate surface area is 90.7 Å². The number of nitrogens with zero attached hydrogens (tertiary/aromatic N) is 1. The molecule has 1 aromatic carbocycles. The molecule has 79 valence electrons. The number of hydrogen-bond donors (Lipinski definition) is 0. The van der Waals surface area contributed by atoms with Crippen LogP contribution >= 0.6 is 0 Å². The zero-order chi connectivity index (χ0) is 10.5. The Morgan fingerprint density at radius 3 is 2.67 bits per heavy atom. The lowest BCUT2D eigenvalue weighted by Crippen LogP contribution is -2.16. The summed E-state index contributed by atoms with van der Waals surface area (Å²) >= 11 is 0. The summed E-state index contributed by atoms with van der Waals surface area (Å²) in [6.45, 7) is 0.685. The summed E-state index contributed by atoms with van der Waals surface area (Å²) < 4.78 is 0. The van der Waals surface area contributed by atoms with E-state index in [1.165, 1.54) is 19.3 Å². The van der Waals surface area contributed by atoms with Crippen LogP contribution in [0, 0.1) is 5.92 Å². The van der Waals surface area contributed by atoms with E-state index in [1.807, 2.05) is 30.3 Å². The van der Waals surface area contributed by atoms with E-state index in [2.05, 4.69) is 5.32 Å². The molecule has 1 saturated carbocycles. The fraction of sp³-hybridized carbons (Fsp3) is 0.462. The standard InChI is InChI=1S/C13H16NO/c15-13(12-6-2-1-3-7-12)14-10-4-5-11-8-9-11/h1-3,6-7,11H,4-5,8-10H2. The molecule has 1 aromatic rings. The van der Waals surface area contributed by atoms with Crippen molar-refractivity contribution in [1.29, 1.82) is 0 Å². The molecule has 0 aromatic heterocycles. The van der Waals surface area contributed by atoms with Crippen LogP contribution in [0.25, 0.3) is 0 Å². The van der Waals surface area contributed by atoms with Crippen molar-refractivity contribution in [2.24, 2.45) is 5.92 Å². The second kappa shape index (κ2) is 4.96. The first-order valence-electron chi connectivity index (χ1n) is 5.63. The molecule has 15 heavy (non-hydrogen) atoms. The lowest BCUT2D eigenvalue weighted by atomic mass is 10.2. The van der Waals surface area contributed by atoms with Crippen LogP contribution in [0.5, 0.6) is 0 Å². The smallest absolute Gasteiger partial charge is 0.267 e. The quantitative estimate of drug-likeness (QED) is 0.675. The molecular formula is C13H16NO. The van der Waals surface area contributed by atoms with Gasteiger partial charge in [0.1, 0.15) is 0 Å². The molecule has 1 aliphatic rings. The first-order chi connectivity index (χ1) is 7.36. The maximum absolute atomic E-state index is 11.5. The third kappa shape index (κ3) is 3.39. The summed E-state index contributed by atoms with van der Waals surface area (Å²) in [5, 5.41) is 4.06. The minimum atomic E-state index is -0.0774. The van der Waals surface area contributed by atoms with Gasteiger partial charge in [-0.05, 0) is 30.9 Å². The Kier molecular flexibility index (Phi) is 3.38. The van der Waals surface area contributed by atoms with Crippen molar-refractivity contribution in [2.75, 3.05) is 6.54 Å². The molecule has 2 nitrogen and oxygen atoms in total. The van der Waals surface area contributed by atoms with Gasteiger partial charge in [-0.3, -0.25) is 4.79 Å². The third-order valence-electron chi connectivity index (χ3n) is 2.74. The molecule has 0 atom stereocenters. The van der Waals surface area contributed by atoms with E-state index in [9.17, 15) is 4.79 Å². The van der Waals surface area contributed by atoms with E-state index in [1.54, 1.807) is 0 Å². The van der Waals surface area contributed by atoms with Gasteiger partial charge >= 0.3 is 0 Å². The van der Waals surface area contributed by atoms with Gasteiger partial charge in [0.05, 0.1) is 0 Å². The predicted octanol–water partition coefficient (Wildman–Crippen LogP) is 2.62. The van der Waals surface area contributed by atoms with Crippen molar-refractivity contribution in [1.82, 2.24) is 5.32 Å². The van der Waals surface area contributed by atoms with E-state index in [0.29, 0.717) is 12.1 Å². The molecule has 0 spiro atoms. The van der Waals surface area contributed by atoms with Gasteiger partial charge in [-0.1, -0.05) is 31.0 Å². The topological polar surface area (TPSA) is 31.2 Å². The number of benzene rings is 1. The Bertz CT molecular complexity index is 317. The number of carbonyl (C=O) groups excluding carboxylic acids is 1. The van der Waals surface area contributed by atoms with E-state index in [-0.39, 0.29) is 5.91 Å². The normalized spacial score (nSPS) is 14.9. The van der Waals surface area contributed by atoms with Gasteiger partial charge in [0.15, 0.2) is 0 Å². The van der Waals surface area contributed by atoms with Crippen LogP contribution in [-0.4, -0.2) is 12.5 Å². The molecule has 0 bridgehead atoms. The molecule has 0 saturated heterocycles. The maximum Gasteiger partial charge on any atom is 0.272 e. The monoisotopic (exact) mass is 202 g/mol. The van der Waals surface area contributed by atoms with E-state index >= 15 is 0 Å². The fourth-order valence-electron chi connectivity index (χ4n) is 1.64. The first kappa shape index (κ1) is 10.2. The molecule has 0 unspecified atom stereocenters. The van der Waals surface area contributed by atoms with Crippen LogP contribution in [0.4, 0.5) is 0 Å². The molecule has 0 heterocycles. The van der Waals surface area contributed by atoms with Gasteiger partial charge in [-0.15, -0.1) is 0 Å². The van der Waals surface area contributed by atoms with Crippen molar-refractivity contribution in [3.05, 3.63) is 35.9 Å². The van der Waals surface area contributed by atoms with E-state index in [4.69, 9.17) is 0 Å². The Morgan fingerprint density at radius 2 is 2.00 bits per heavy atom. The predicted molar refractivity (Wildman–Crippen MR) is 59.7 cm³/mol. The largest absolute Gasteiger partial charge is 0.272 e. The zero-order valence-electron chi connectivity index (χ0n) is 8.86. The van der Waals surface area contributed by atoms with Gasteiger partial charge in [0.2, 0.25) is 0 Å². The minimum Gasteiger partial charge on any atom is -0.267 e. The molecule has 2 heteroatoms.